The van der Waals surface area contributed by atoms with Gasteiger partial charge in [-0.25, -0.2) is 0 Å². The molecular weight excluding hydrogens is 178 g/mol. The topological polar surface area (TPSA) is 42.8 Å². The lowest BCUT2D eigenvalue weighted by Gasteiger charge is -2.25. The van der Waals surface area contributed by atoms with E-state index in [2.05, 4.69) is 16.3 Å². The Kier molecular flexibility index (Phi) is 1.67. The molecule has 0 atom stereocenters. The maximum Gasteiger partial charge on any atom is 0.0985 e. The van der Waals surface area contributed by atoms with Gasteiger partial charge in [-0.3, -0.25) is 4.68 Å². The van der Waals surface area contributed by atoms with E-state index in [1.807, 2.05) is 29.2 Å². The molecule has 1 aliphatic heterocycles. The highest BCUT2D eigenvalue weighted by Crippen LogP contribution is 2.21. The van der Waals surface area contributed by atoms with Gasteiger partial charge in [0.2, 0.25) is 0 Å². The molecule has 0 unspecified atom stereocenters. The minimum atomic E-state index is 0.429. The highest BCUT2D eigenvalue weighted by molar-refractivity contribution is 5.56. The lowest BCUT2D eigenvalue weighted by molar-refractivity contribution is -0.0286. The molecule has 72 valence electrons. The summed E-state index contributed by atoms with van der Waals surface area (Å²) in [5, 5.41) is 4.31. The summed E-state index contributed by atoms with van der Waals surface area (Å²) < 4.78 is 7.09. The van der Waals surface area contributed by atoms with E-state index in [9.17, 15) is 0 Å². The molecular formula is C10H11N3O. The molecule has 4 heteroatoms. The van der Waals surface area contributed by atoms with E-state index in [-0.39, 0.29) is 0 Å². The molecule has 4 nitrogen and oxygen atoms in total. The molecule has 1 N–H and O–H groups in total. The van der Waals surface area contributed by atoms with Crippen LogP contribution in [0.2, 0.25) is 0 Å². The van der Waals surface area contributed by atoms with Crippen LogP contribution in [0.15, 0.2) is 30.7 Å². The van der Waals surface area contributed by atoms with Crippen LogP contribution < -0.4 is 0 Å². The second-order valence-electron chi connectivity index (χ2n) is 3.48. The lowest BCUT2D eigenvalue weighted by Crippen LogP contribution is -2.30. The Hall–Kier alpha value is -1.55. The fourth-order valence-corrected chi connectivity index (χ4v) is 1.56. The predicted molar refractivity (Wildman–Crippen MR) is 51.9 cm³/mol. The van der Waals surface area contributed by atoms with Gasteiger partial charge < -0.3 is 9.72 Å². The largest absolute Gasteiger partial charge is 0.377 e. The van der Waals surface area contributed by atoms with Crippen molar-refractivity contribution in [1.29, 1.82) is 0 Å². The van der Waals surface area contributed by atoms with Crippen molar-refractivity contribution in [1.82, 2.24) is 14.8 Å². The van der Waals surface area contributed by atoms with Crippen LogP contribution in [0.1, 0.15) is 6.04 Å². The molecule has 0 radical (unpaired) electrons. The first-order valence-electron chi connectivity index (χ1n) is 4.69. The van der Waals surface area contributed by atoms with E-state index in [4.69, 9.17) is 4.74 Å². The molecule has 0 saturated carbocycles. The summed E-state index contributed by atoms with van der Waals surface area (Å²) in [7, 11) is 0. The van der Waals surface area contributed by atoms with Crippen molar-refractivity contribution in [3.8, 4) is 11.3 Å². The van der Waals surface area contributed by atoms with E-state index >= 15 is 0 Å². The number of nitrogens with zero attached hydrogens (tertiary/aromatic N) is 2. The van der Waals surface area contributed by atoms with Crippen LogP contribution in [0, 0.1) is 0 Å². The van der Waals surface area contributed by atoms with E-state index < -0.39 is 0 Å². The molecule has 3 rings (SSSR count). The lowest BCUT2D eigenvalue weighted by atomic mass is 10.2. The number of nitrogens with one attached hydrogen (secondary N) is 1. The van der Waals surface area contributed by atoms with Crippen molar-refractivity contribution in [2.24, 2.45) is 0 Å². The van der Waals surface area contributed by atoms with Crippen LogP contribution in [0.25, 0.3) is 11.3 Å². The van der Waals surface area contributed by atoms with E-state index in [0.717, 1.165) is 24.5 Å². The number of aromatic amines is 1. The first-order chi connectivity index (χ1) is 6.93. The molecule has 1 fully saturated rings. The van der Waals surface area contributed by atoms with E-state index in [1.165, 1.54) is 0 Å². The SMILES string of the molecule is c1c[nH]c(-c2cnn(C3COC3)c2)c1. The van der Waals surface area contributed by atoms with Crippen LogP contribution in [0.5, 0.6) is 0 Å². The van der Waals surface area contributed by atoms with Crippen LogP contribution in [-0.2, 0) is 4.74 Å². The van der Waals surface area contributed by atoms with Crippen LogP contribution in [0.4, 0.5) is 0 Å². The second kappa shape index (κ2) is 2.99. The number of H-pyrrole nitrogens is 1. The third-order valence-corrected chi connectivity index (χ3v) is 2.51. The molecule has 0 aliphatic carbocycles. The third-order valence-electron chi connectivity index (χ3n) is 2.51. The van der Waals surface area contributed by atoms with Gasteiger partial charge in [-0.1, -0.05) is 0 Å². The van der Waals surface area contributed by atoms with Gasteiger partial charge in [0.1, 0.15) is 0 Å². The molecule has 0 aromatic carbocycles. The zero-order chi connectivity index (χ0) is 9.38. The number of aromatic nitrogens is 3. The van der Waals surface area contributed by atoms with Crippen LogP contribution in [-0.4, -0.2) is 28.0 Å². The summed E-state index contributed by atoms with van der Waals surface area (Å²) in [5.41, 5.74) is 2.23. The van der Waals surface area contributed by atoms with E-state index in [0.29, 0.717) is 6.04 Å². The Balaban J connectivity index is 1.90. The molecule has 2 aromatic heterocycles. The number of hydrogen-bond acceptors (Lipinski definition) is 2. The Labute approximate surface area is 81.5 Å². The third kappa shape index (κ3) is 1.15. The normalized spacial score (nSPS) is 16.9. The fourth-order valence-electron chi connectivity index (χ4n) is 1.56. The molecule has 1 aliphatic rings. The van der Waals surface area contributed by atoms with Crippen molar-refractivity contribution >= 4 is 0 Å². The fraction of sp³-hybridized carbons (Fsp3) is 0.300. The second-order valence-corrected chi connectivity index (χ2v) is 3.48. The smallest absolute Gasteiger partial charge is 0.0985 e. The molecule has 0 spiro atoms. The van der Waals surface area contributed by atoms with Gasteiger partial charge in [0.15, 0.2) is 0 Å². The summed E-state index contributed by atoms with van der Waals surface area (Å²) in [6.07, 6.45) is 5.85. The molecule has 14 heavy (non-hydrogen) atoms. The number of rotatable bonds is 2. The minimum Gasteiger partial charge on any atom is -0.377 e. The van der Waals surface area contributed by atoms with Crippen molar-refractivity contribution in [2.45, 2.75) is 6.04 Å². The van der Waals surface area contributed by atoms with Gasteiger partial charge in [-0.15, -0.1) is 0 Å². The average molecular weight is 189 g/mol. The quantitative estimate of drug-likeness (QED) is 0.777. The molecule has 1 saturated heterocycles. The van der Waals surface area contributed by atoms with Crippen molar-refractivity contribution in [3.05, 3.63) is 30.7 Å². The molecule has 0 bridgehead atoms. The Morgan fingerprint density at radius 2 is 2.43 bits per heavy atom. The summed E-state index contributed by atoms with van der Waals surface area (Å²) in [6, 6.07) is 4.45. The van der Waals surface area contributed by atoms with Crippen LogP contribution >= 0.6 is 0 Å². The van der Waals surface area contributed by atoms with Gasteiger partial charge in [-0.05, 0) is 12.1 Å². The average Bonchev–Trinajstić information content (AvgIpc) is 2.65. The maximum absolute atomic E-state index is 5.12. The Morgan fingerprint density at radius 1 is 1.50 bits per heavy atom. The summed E-state index contributed by atoms with van der Waals surface area (Å²) >= 11 is 0. The van der Waals surface area contributed by atoms with Gasteiger partial charge in [0.05, 0.1) is 25.5 Å². The Bertz CT molecular complexity index is 414. The molecule has 0 amide bonds. The summed E-state index contributed by atoms with van der Waals surface area (Å²) in [6.45, 7) is 1.57. The maximum atomic E-state index is 5.12. The van der Waals surface area contributed by atoms with Crippen molar-refractivity contribution in [2.75, 3.05) is 13.2 Å². The molecule has 2 aromatic rings. The van der Waals surface area contributed by atoms with Gasteiger partial charge in [-0.2, -0.15) is 5.10 Å². The highest BCUT2D eigenvalue weighted by atomic mass is 16.5. The summed E-state index contributed by atoms with van der Waals surface area (Å²) in [5.74, 6) is 0. The monoisotopic (exact) mass is 189 g/mol. The van der Waals surface area contributed by atoms with E-state index in [1.54, 1.807) is 0 Å². The van der Waals surface area contributed by atoms with Gasteiger partial charge in [0, 0.05) is 23.7 Å². The van der Waals surface area contributed by atoms with Gasteiger partial charge in [0.25, 0.3) is 0 Å². The Morgan fingerprint density at radius 3 is 3.07 bits per heavy atom. The van der Waals surface area contributed by atoms with Crippen molar-refractivity contribution < 1.29 is 4.74 Å². The number of hydrogen-bond donors (Lipinski definition) is 1. The van der Waals surface area contributed by atoms with Crippen LogP contribution in [0.3, 0.4) is 0 Å². The zero-order valence-electron chi connectivity index (χ0n) is 7.68. The standard InChI is InChI=1S/C10H11N3O/c1-2-10(11-3-1)8-4-12-13(5-8)9-6-14-7-9/h1-5,9,11H,6-7H2. The summed E-state index contributed by atoms with van der Waals surface area (Å²) in [4.78, 5) is 3.16. The highest BCUT2D eigenvalue weighted by Gasteiger charge is 2.21. The molecule has 3 heterocycles. The predicted octanol–water partition coefficient (Wildman–Crippen LogP) is 1.45. The van der Waals surface area contributed by atoms with Crippen molar-refractivity contribution in [3.63, 3.8) is 0 Å². The first-order valence-corrected chi connectivity index (χ1v) is 4.69. The first kappa shape index (κ1) is 7.82. The zero-order valence-corrected chi connectivity index (χ0v) is 7.68. The van der Waals surface area contributed by atoms with Gasteiger partial charge >= 0.3 is 0 Å². The number of ether oxygens (including phenoxy) is 1. The minimum absolute atomic E-state index is 0.429.